The molecule has 118 valence electrons. The van der Waals surface area contributed by atoms with E-state index in [1.807, 2.05) is 18.2 Å². The first-order valence-electron chi connectivity index (χ1n) is 7.56. The largest absolute Gasteiger partial charge is 0.495 e. The van der Waals surface area contributed by atoms with E-state index in [2.05, 4.69) is 33.0 Å². The minimum absolute atomic E-state index is 0.0994. The SMILES string of the molecule is COc1ccc(Cl)cc1NC1CC(OCC(C)C)C1(C)C. The van der Waals surface area contributed by atoms with Crippen molar-refractivity contribution in [3.63, 3.8) is 0 Å². The van der Waals surface area contributed by atoms with Gasteiger partial charge in [0.1, 0.15) is 5.75 Å². The Morgan fingerprint density at radius 3 is 2.67 bits per heavy atom. The van der Waals surface area contributed by atoms with Crippen LogP contribution < -0.4 is 10.1 Å². The van der Waals surface area contributed by atoms with E-state index in [9.17, 15) is 0 Å². The summed E-state index contributed by atoms with van der Waals surface area (Å²) in [5, 5.41) is 4.27. The Morgan fingerprint density at radius 1 is 1.38 bits per heavy atom. The first kappa shape index (κ1) is 16.4. The number of nitrogens with one attached hydrogen (secondary N) is 1. The van der Waals surface area contributed by atoms with Gasteiger partial charge in [0.05, 0.1) is 18.9 Å². The highest BCUT2D eigenvalue weighted by atomic mass is 35.5. The van der Waals surface area contributed by atoms with Crippen molar-refractivity contribution in [1.82, 2.24) is 0 Å². The van der Waals surface area contributed by atoms with Crippen molar-refractivity contribution in [2.45, 2.75) is 46.3 Å². The van der Waals surface area contributed by atoms with E-state index in [0.717, 1.165) is 24.5 Å². The molecule has 1 fully saturated rings. The summed E-state index contributed by atoms with van der Waals surface area (Å²) in [5.74, 6) is 1.39. The molecule has 1 N–H and O–H groups in total. The molecule has 4 heteroatoms. The molecule has 0 bridgehead atoms. The van der Waals surface area contributed by atoms with Crippen LogP contribution in [0.4, 0.5) is 5.69 Å². The van der Waals surface area contributed by atoms with Gasteiger partial charge in [-0.3, -0.25) is 0 Å². The van der Waals surface area contributed by atoms with Crippen LogP contribution in [0, 0.1) is 11.3 Å². The molecule has 1 aromatic carbocycles. The van der Waals surface area contributed by atoms with E-state index < -0.39 is 0 Å². The van der Waals surface area contributed by atoms with Gasteiger partial charge in [0, 0.05) is 23.1 Å². The Labute approximate surface area is 133 Å². The fourth-order valence-corrected chi connectivity index (χ4v) is 2.87. The maximum absolute atomic E-state index is 6.08. The Kier molecular flexibility index (Phi) is 5.05. The third kappa shape index (κ3) is 3.64. The Balaban J connectivity index is 2.00. The van der Waals surface area contributed by atoms with Gasteiger partial charge >= 0.3 is 0 Å². The average molecular weight is 312 g/mol. The summed E-state index contributed by atoms with van der Waals surface area (Å²) in [4.78, 5) is 0. The van der Waals surface area contributed by atoms with E-state index in [0.29, 0.717) is 23.1 Å². The molecule has 3 nitrogen and oxygen atoms in total. The van der Waals surface area contributed by atoms with Crippen LogP contribution in [-0.4, -0.2) is 25.9 Å². The smallest absolute Gasteiger partial charge is 0.142 e. The van der Waals surface area contributed by atoms with Crippen molar-refractivity contribution in [2.75, 3.05) is 19.0 Å². The molecule has 1 aliphatic carbocycles. The average Bonchev–Trinajstić information content (AvgIpc) is 2.41. The molecule has 0 radical (unpaired) electrons. The number of halogens is 1. The molecule has 2 rings (SSSR count). The number of methoxy groups -OCH3 is 1. The topological polar surface area (TPSA) is 30.5 Å². The molecule has 1 aromatic rings. The summed E-state index contributed by atoms with van der Waals surface area (Å²) in [7, 11) is 1.68. The highest BCUT2D eigenvalue weighted by molar-refractivity contribution is 6.30. The van der Waals surface area contributed by atoms with Crippen LogP contribution in [0.5, 0.6) is 5.75 Å². The second kappa shape index (κ2) is 6.45. The number of ether oxygens (including phenoxy) is 2. The summed E-state index contributed by atoms with van der Waals surface area (Å²) in [6.45, 7) is 9.67. The summed E-state index contributed by atoms with van der Waals surface area (Å²) in [5.41, 5.74) is 1.05. The summed E-state index contributed by atoms with van der Waals surface area (Å²) in [6.07, 6.45) is 1.32. The fourth-order valence-electron chi connectivity index (χ4n) is 2.70. The lowest BCUT2D eigenvalue weighted by Gasteiger charge is -2.52. The molecule has 0 amide bonds. The minimum Gasteiger partial charge on any atom is -0.495 e. The van der Waals surface area contributed by atoms with Gasteiger partial charge in [-0.05, 0) is 30.5 Å². The second-order valence-electron chi connectivity index (χ2n) is 6.81. The fraction of sp³-hybridized carbons (Fsp3) is 0.647. The van der Waals surface area contributed by atoms with Gasteiger partial charge in [0.15, 0.2) is 0 Å². The second-order valence-corrected chi connectivity index (χ2v) is 7.25. The first-order valence-corrected chi connectivity index (χ1v) is 7.94. The zero-order valence-electron chi connectivity index (χ0n) is 13.6. The van der Waals surface area contributed by atoms with Gasteiger partial charge in [0.25, 0.3) is 0 Å². The van der Waals surface area contributed by atoms with Gasteiger partial charge in [-0.25, -0.2) is 0 Å². The standard InChI is InChI=1S/C17H26ClNO2/c1-11(2)10-21-16-9-15(17(16,3)4)19-13-8-12(18)6-7-14(13)20-5/h6-8,11,15-16,19H,9-10H2,1-5H3. The van der Waals surface area contributed by atoms with E-state index in [1.165, 1.54) is 0 Å². The molecule has 0 heterocycles. The maximum atomic E-state index is 6.08. The molecular weight excluding hydrogens is 286 g/mol. The minimum atomic E-state index is 0.0994. The van der Waals surface area contributed by atoms with Crippen molar-refractivity contribution in [1.29, 1.82) is 0 Å². The Hall–Kier alpha value is -0.930. The Morgan fingerprint density at radius 2 is 2.10 bits per heavy atom. The van der Waals surface area contributed by atoms with Crippen LogP contribution in [0.1, 0.15) is 34.1 Å². The molecule has 21 heavy (non-hydrogen) atoms. The summed E-state index contributed by atoms with van der Waals surface area (Å²) < 4.78 is 11.4. The Bertz CT molecular complexity index is 488. The van der Waals surface area contributed by atoms with E-state index in [-0.39, 0.29) is 5.41 Å². The van der Waals surface area contributed by atoms with E-state index in [1.54, 1.807) is 7.11 Å². The molecule has 2 atom stereocenters. The third-order valence-corrected chi connectivity index (χ3v) is 4.53. The van der Waals surface area contributed by atoms with Crippen LogP contribution >= 0.6 is 11.6 Å². The molecule has 0 aliphatic heterocycles. The number of benzene rings is 1. The quantitative estimate of drug-likeness (QED) is 0.833. The zero-order chi connectivity index (χ0) is 15.6. The number of hydrogen-bond acceptors (Lipinski definition) is 3. The summed E-state index contributed by atoms with van der Waals surface area (Å²) >= 11 is 6.08. The molecule has 1 saturated carbocycles. The molecule has 0 aromatic heterocycles. The lowest BCUT2D eigenvalue weighted by molar-refractivity contribution is -0.108. The number of hydrogen-bond donors (Lipinski definition) is 1. The first-order chi connectivity index (χ1) is 9.84. The molecular formula is C17H26ClNO2. The van der Waals surface area contributed by atoms with Gasteiger partial charge < -0.3 is 14.8 Å². The van der Waals surface area contributed by atoms with Crippen molar-refractivity contribution < 1.29 is 9.47 Å². The van der Waals surface area contributed by atoms with Crippen LogP contribution in [0.25, 0.3) is 0 Å². The normalized spacial score (nSPS) is 23.8. The third-order valence-electron chi connectivity index (χ3n) is 4.30. The van der Waals surface area contributed by atoms with Gasteiger partial charge in [-0.1, -0.05) is 39.3 Å². The molecule has 2 unspecified atom stereocenters. The van der Waals surface area contributed by atoms with Crippen LogP contribution in [0.2, 0.25) is 5.02 Å². The van der Waals surface area contributed by atoms with Crippen molar-refractivity contribution in [3.8, 4) is 5.75 Å². The maximum Gasteiger partial charge on any atom is 0.142 e. The van der Waals surface area contributed by atoms with Crippen molar-refractivity contribution in [3.05, 3.63) is 23.2 Å². The van der Waals surface area contributed by atoms with E-state index in [4.69, 9.17) is 21.1 Å². The van der Waals surface area contributed by atoms with Gasteiger partial charge in [-0.15, -0.1) is 0 Å². The van der Waals surface area contributed by atoms with E-state index >= 15 is 0 Å². The van der Waals surface area contributed by atoms with Crippen molar-refractivity contribution in [2.24, 2.45) is 11.3 Å². The molecule has 0 saturated heterocycles. The summed E-state index contributed by atoms with van der Waals surface area (Å²) in [6, 6.07) is 6.01. The van der Waals surface area contributed by atoms with Crippen LogP contribution in [-0.2, 0) is 4.74 Å². The number of anilines is 1. The molecule has 1 aliphatic rings. The zero-order valence-corrected chi connectivity index (χ0v) is 14.3. The predicted octanol–water partition coefficient (Wildman–Crippen LogP) is 4.60. The van der Waals surface area contributed by atoms with Crippen LogP contribution in [0.3, 0.4) is 0 Å². The predicted molar refractivity (Wildman–Crippen MR) is 88.4 cm³/mol. The molecule has 0 spiro atoms. The van der Waals surface area contributed by atoms with Crippen molar-refractivity contribution >= 4 is 17.3 Å². The van der Waals surface area contributed by atoms with Gasteiger partial charge in [-0.2, -0.15) is 0 Å². The lowest BCUT2D eigenvalue weighted by Crippen LogP contribution is -2.58. The highest BCUT2D eigenvalue weighted by Gasteiger charge is 2.49. The monoisotopic (exact) mass is 311 g/mol. The lowest BCUT2D eigenvalue weighted by atomic mass is 9.64. The number of rotatable bonds is 6. The van der Waals surface area contributed by atoms with Crippen LogP contribution in [0.15, 0.2) is 18.2 Å². The van der Waals surface area contributed by atoms with Gasteiger partial charge in [0.2, 0.25) is 0 Å². The highest BCUT2D eigenvalue weighted by Crippen LogP contribution is 2.45.